The van der Waals surface area contributed by atoms with E-state index in [0.29, 0.717) is 12.5 Å². The Morgan fingerprint density at radius 1 is 1.15 bits per heavy atom. The third-order valence-corrected chi connectivity index (χ3v) is 6.15. The predicted octanol–water partition coefficient (Wildman–Crippen LogP) is 3.48. The van der Waals surface area contributed by atoms with Crippen molar-refractivity contribution in [3.05, 3.63) is 41.0 Å². The fourth-order valence-electron chi connectivity index (χ4n) is 4.12. The number of rotatable bonds is 5. The van der Waals surface area contributed by atoms with Crippen molar-refractivity contribution in [1.82, 2.24) is 10.2 Å². The Hall–Kier alpha value is -1.65. The molecule has 1 N–H and O–H groups in total. The minimum atomic E-state index is 0.0184. The van der Waals surface area contributed by atoms with E-state index in [1.807, 2.05) is 12.1 Å². The summed E-state index contributed by atoms with van der Waals surface area (Å²) in [5.41, 5.74) is 3.49. The molecular formula is C22H30N2O2. The van der Waals surface area contributed by atoms with Crippen molar-refractivity contribution >= 4 is 12.0 Å². The Kier molecular flexibility index (Phi) is 5.71. The second-order valence-corrected chi connectivity index (χ2v) is 7.98. The summed E-state index contributed by atoms with van der Waals surface area (Å²) in [6.07, 6.45) is 9.94. The monoisotopic (exact) mass is 354 g/mol. The first kappa shape index (κ1) is 17.7. The van der Waals surface area contributed by atoms with Crippen LogP contribution in [0.2, 0.25) is 0 Å². The molecule has 1 unspecified atom stereocenters. The highest BCUT2D eigenvalue weighted by molar-refractivity contribution is 5.94. The van der Waals surface area contributed by atoms with Gasteiger partial charge in [-0.15, -0.1) is 0 Å². The van der Waals surface area contributed by atoms with Crippen LogP contribution in [-0.2, 0) is 4.74 Å². The molecule has 0 radical (unpaired) electrons. The molecule has 3 aliphatic rings. The molecule has 0 aromatic heterocycles. The quantitative estimate of drug-likeness (QED) is 0.880. The zero-order valence-corrected chi connectivity index (χ0v) is 15.6. The van der Waals surface area contributed by atoms with Gasteiger partial charge in [-0.05, 0) is 49.8 Å². The standard InChI is InChI=1S/C22H30N2O2/c25-22(23-15-19-10-13-26-16-19)20-6-4-17(5-7-20)14-18-8-11-24(12-9-18)21-2-1-3-21/h4-7,14,19,21H,1-3,8-13,15-16H2,(H,23,25). The highest BCUT2D eigenvalue weighted by Crippen LogP contribution is 2.29. The maximum Gasteiger partial charge on any atom is 0.251 e. The number of likely N-dealkylation sites (tertiary alicyclic amines) is 1. The number of amides is 1. The lowest BCUT2D eigenvalue weighted by molar-refractivity contribution is 0.0945. The number of hydrogen-bond donors (Lipinski definition) is 1. The van der Waals surface area contributed by atoms with Crippen LogP contribution in [0.4, 0.5) is 0 Å². The van der Waals surface area contributed by atoms with Crippen molar-refractivity contribution in [2.24, 2.45) is 5.92 Å². The Morgan fingerprint density at radius 3 is 2.54 bits per heavy atom. The summed E-state index contributed by atoms with van der Waals surface area (Å²) in [7, 11) is 0. The number of carbonyl (C=O) groups excluding carboxylic acids is 1. The van der Waals surface area contributed by atoms with Crippen LogP contribution >= 0.6 is 0 Å². The van der Waals surface area contributed by atoms with Gasteiger partial charge < -0.3 is 10.1 Å². The average molecular weight is 354 g/mol. The molecule has 2 saturated heterocycles. The predicted molar refractivity (Wildman–Crippen MR) is 104 cm³/mol. The molecule has 2 aliphatic heterocycles. The lowest BCUT2D eigenvalue weighted by Crippen LogP contribution is -2.43. The lowest BCUT2D eigenvalue weighted by atomic mass is 9.89. The first-order valence-corrected chi connectivity index (χ1v) is 10.2. The van der Waals surface area contributed by atoms with E-state index in [1.165, 1.54) is 50.8 Å². The van der Waals surface area contributed by atoms with Crippen LogP contribution in [-0.4, -0.2) is 49.7 Å². The van der Waals surface area contributed by atoms with Crippen LogP contribution in [0, 0.1) is 5.92 Å². The van der Waals surface area contributed by atoms with Crippen molar-refractivity contribution < 1.29 is 9.53 Å². The molecule has 1 atom stereocenters. The van der Waals surface area contributed by atoms with Gasteiger partial charge >= 0.3 is 0 Å². The highest BCUT2D eigenvalue weighted by atomic mass is 16.5. The van der Waals surface area contributed by atoms with Gasteiger partial charge in [-0.25, -0.2) is 0 Å². The largest absolute Gasteiger partial charge is 0.381 e. The molecule has 4 rings (SSSR count). The molecule has 4 nitrogen and oxygen atoms in total. The van der Waals surface area contributed by atoms with E-state index < -0.39 is 0 Å². The molecule has 3 fully saturated rings. The number of carbonyl (C=O) groups is 1. The first-order valence-electron chi connectivity index (χ1n) is 10.2. The van der Waals surface area contributed by atoms with Gasteiger partial charge in [0, 0.05) is 43.8 Å². The number of ether oxygens (including phenoxy) is 1. The van der Waals surface area contributed by atoms with Crippen LogP contribution in [0.25, 0.3) is 6.08 Å². The van der Waals surface area contributed by atoms with Gasteiger partial charge in [0.05, 0.1) is 6.61 Å². The van der Waals surface area contributed by atoms with Gasteiger partial charge in [0.15, 0.2) is 0 Å². The zero-order valence-electron chi connectivity index (χ0n) is 15.6. The van der Waals surface area contributed by atoms with Crippen molar-refractivity contribution in [2.45, 2.75) is 44.6 Å². The van der Waals surface area contributed by atoms with Gasteiger partial charge in [0.25, 0.3) is 5.91 Å². The third kappa shape index (κ3) is 4.36. The number of hydrogen-bond acceptors (Lipinski definition) is 3. The molecule has 2 heterocycles. The first-order chi connectivity index (χ1) is 12.8. The van der Waals surface area contributed by atoms with E-state index in [2.05, 4.69) is 28.4 Å². The van der Waals surface area contributed by atoms with Crippen LogP contribution < -0.4 is 5.32 Å². The van der Waals surface area contributed by atoms with Gasteiger partial charge in [-0.2, -0.15) is 0 Å². The average Bonchev–Trinajstić information content (AvgIpc) is 3.14. The van der Waals surface area contributed by atoms with E-state index in [9.17, 15) is 4.79 Å². The van der Waals surface area contributed by atoms with E-state index in [1.54, 1.807) is 5.57 Å². The minimum Gasteiger partial charge on any atom is -0.381 e. The molecule has 140 valence electrons. The molecule has 1 amide bonds. The van der Waals surface area contributed by atoms with E-state index in [-0.39, 0.29) is 5.91 Å². The molecule has 0 spiro atoms. The molecule has 26 heavy (non-hydrogen) atoms. The van der Waals surface area contributed by atoms with Crippen molar-refractivity contribution in [3.8, 4) is 0 Å². The summed E-state index contributed by atoms with van der Waals surface area (Å²) >= 11 is 0. The van der Waals surface area contributed by atoms with Gasteiger partial charge in [0.1, 0.15) is 0 Å². The van der Waals surface area contributed by atoms with Crippen LogP contribution in [0.15, 0.2) is 29.8 Å². The number of benzene rings is 1. The summed E-state index contributed by atoms with van der Waals surface area (Å²) in [6.45, 7) is 4.72. The number of nitrogens with zero attached hydrogens (tertiary/aromatic N) is 1. The molecule has 1 saturated carbocycles. The van der Waals surface area contributed by atoms with Gasteiger partial charge in [-0.3, -0.25) is 9.69 Å². The summed E-state index contributed by atoms with van der Waals surface area (Å²) in [4.78, 5) is 14.9. The number of piperidine rings is 1. The summed E-state index contributed by atoms with van der Waals surface area (Å²) < 4.78 is 5.35. The molecule has 0 bridgehead atoms. The molecule has 1 aromatic carbocycles. The SMILES string of the molecule is O=C(NCC1CCOC1)c1ccc(C=C2CCN(C3CCC3)CC2)cc1. The minimum absolute atomic E-state index is 0.0184. The second-order valence-electron chi connectivity index (χ2n) is 7.98. The van der Waals surface area contributed by atoms with Crippen molar-refractivity contribution in [2.75, 3.05) is 32.8 Å². The van der Waals surface area contributed by atoms with Crippen LogP contribution in [0.1, 0.15) is 54.4 Å². The molecule has 1 aromatic rings. The highest BCUT2D eigenvalue weighted by Gasteiger charge is 2.26. The zero-order chi connectivity index (χ0) is 17.8. The van der Waals surface area contributed by atoms with Crippen molar-refractivity contribution in [1.29, 1.82) is 0 Å². The normalized spacial score (nSPS) is 24.3. The topological polar surface area (TPSA) is 41.6 Å². The fourth-order valence-corrected chi connectivity index (χ4v) is 4.12. The Labute approximate surface area is 156 Å². The van der Waals surface area contributed by atoms with E-state index in [0.717, 1.165) is 31.2 Å². The summed E-state index contributed by atoms with van der Waals surface area (Å²) in [6, 6.07) is 8.88. The number of nitrogens with one attached hydrogen (secondary N) is 1. The Bertz CT molecular complexity index is 633. The smallest absolute Gasteiger partial charge is 0.251 e. The van der Waals surface area contributed by atoms with E-state index in [4.69, 9.17) is 4.74 Å². The fraction of sp³-hybridized carbons (Fsp3) is 0.591. The Balaban J connectivity index is 1.27. The second kappa shape index (κ2) is 8.36. The molecular weight excluding hydrogens is 324 g/mol. The molecule has 1 aliphatic carbocycles. The van der Waals surface area contributed by atoms with Crippen LogP contribution in [0.3, 0.4) is 0 Å². The van der Waals surface area contributed by atoms with Gasteiger partial charge in [-0.1, -0.05) is 30.2 Å². The lowest BCUT2D eigenvalue weighted by Gasteiger charge is -2.40. The van der Waals surface area contributed by atoms with Crippen LogP contribution in [0.5, 0.6) is 0 Å². The van der Waals surface area contributed by atoms with E-state index >= 15 is 0 Å². The Morgan fingerprint density at radius 2 is 1.92 bits per heavy atom. The third-order valence-electron chi connectivity index (χ3n) is 6.15. The van der Waals surface area contributed by atoms with Gasteiger partial charge in [0.2, 0.25) is 0 Å². The van der Waals surface area contributed by atoms with Crippen molar-refractivity contribution in [3.63, 3.8) is 0 Å². The maximum absolute atomic E-state index is 12.3. The maximum atomic E-state index is 12.3. The summed E-state index contributed by atoms with van der Waals surface area (Å²) in [5.74, 6) is 0.485. The summed E-state index contributed by atoms with van der Waals surface area (Å²) in [5, 5.41) is 3.03. The molecule has 4 heteroatoms.